The maximum atomic E-state index is 13.8. The lowest BCUT2D eigenvalue weighted by Gasteiger charge is -2.05. The summed E-state index contributed by atoms with van der Waals surface area (Å²) in [4.78, 5) is 11.9. The van der Waals surface area contributed by atoms with Gasteiger partial charge >= 0.3 is 5.97 Å². The number of carbonyl (C=O) groups is 1. The van der Waals surface area contributed by atoms with Crippen molar-refractivity contribution in [1.29, 1.82) is 0 Å². The number of hydrogen-bond donors (Lipinski definition) is 0. The Bertz CT molecular complexity index is 849. The van der Waals surface area contributed by atoms with Crippen LogP contribution in [0.3, 0.4) is 0 Å². The van der Waals surface area contributed by atoms with Crippen molar-refractivity contribution in [1.82, 2.24) is 10.2 Å². The van der Waals surface area contributed by atoms with Crippen molar-refractivity contribution in [2.75, 3.05) is 7.11 Å². The summed E-state index contributed by atoms with van der Waals surface area (Å²) in [6.45, 7) is -0.246. The summed E-state index contributed by atoms with van der Waals surface area (Å²) in [5.41, 5.74) is 0.558. The van der Waals surface area contributed by atoms with Crippen LogP contribution in [0.25, 0.3) is 11.5 Å². The molecule has 0 radical (unpaired) electrons. The van der Waals surface area contributed by atoms with E-state index in [1.54, 1.807) is 0 Å². The van der Waals surface area contributed by atoms with Crippen LogP contribution in [0.5, 0.6) is 5.75 Å². The lowest BCUT2D eigenvalue weighted by atomic mass is 10.2. The molecule has 0 bridgehead atoms. The number of methoxy groups -OCH3 is 1. The van der Waals surface area contributed by atoms with Gasteiger partial charge in [-0.05, 0) is 24.3 Å². The van der Waals surface area contributed by atoms with Gasteiger partial charge in [0.1, 0.15) is 11.6 Å². The van der Waals surface area contributed by atoms with Crippen LogP contribution in [0, 0.1) is 5.82 Å². The van der Waals surface area contributed by atoms with E-state index in [9.17, 15) is 9.18 Å². The van der Waals surface area contributed by atoms with E-state index >= 15 is 0 Å². The molecule has 0 saturated heterocycles. The van der Waals surface area contributed by atoms with Crippen molar-refractivity contribution >= 4 is 5.97 Å². The summed E-state index contributed by atoms with van der Waals surface area (Å²) in [6.07, 6.45) is 0. The quantitative estimate of drug-likeness (QED) is 0.669. The molecule has 1 heterocycles. The molecular weight excluding hydrogens is 315 g/mol. The van der Waals surface area contributed by atoms with E-state index in [0.717, 1.165) is 11.6 Å². The molecule has 0 aliphatic rings. The first kappa shape index (κ1) is 15.7. The van der Waals surface area contributed by atoms with Gasteiger partial charge < -0.3 is 13.9 Å². The number of esters is 1. The summed E-state index contributed by atoms with van der Waals surface area (Å²) in [5, 5.41) is 7.68. The van der Waals surface area contributed by atoms with E-state index in [4.69, 9.17) is 13.9 Å². The summed E-state index contributed by atoms with van der Waals surface area (Å²) >= 11 is 0. The van der Waals surface area contributed by atoms with Crippen molar-refractivity contribution in [3.05, 3.63) is 65.8 Å². The van der Waals surface area contributed by atoms with Gasteiger partial charge in [-0.3, -0.25) is 0 Å². The molecule has 7 heteroatoms. The minimum absolute atomic E-state index is 0.121. The van der Waals surface area contributed by atoms with E-state index in [-0.39, 0.29) is 18.1 Å². The fraction of sp³-hybridized carbons (Fsp3) is 0.118. The number of halogens is 1. The Kier molecular flexibility index (Phi) is 4.51. The molecule has 6 nitrogen and oxygen atoms in total. The average molecular weight is 328 g/mol. The second-order valence-corrected chi connectivity index (χ2v) is 4.79. The van der Waals surface area contributed by atoms with Gasteiger partial charge in [0.15, 0.2) is 6.61 Å². The zero-order valence-electron chi connectivity index (χ0n) is 12.7. The van der Waals surface area contributed by atoms with Crippen LogP contribution in [-0.2, 0) is 11.3 Å². The Hall–Kier alpha value is -3.22. The van der Waals surface area contributed by atoms with Crippen molar-refractivity contribution in [2.24, 2.45) is 0 Å². The van der Waals surface area contributed by atoms with Crippen LogP contribution in [0.4, 0.5) is 4.39 Å². The lowest BCUT2D eigenvalue weighted by Crippen LogP contribution is -2.08. The first-order valence-electron chi connectivity index (χ1n) is 7.06. The Balaban J connectivity index is 1.66. The number of carbonyl (C=O) groups excluding carboxylic acids is 1. The van der Waals surface area contributed by atoms with E-state index in [0.29, 0.717) is 11.6 Å². The lowest BCUT2D eigenvalue weighted by molar-refractivity contribution is 0.0433. The first-order chi connectivity index (χ1) is 11.7. The third-order valence-electron chi connectivity index (χ3n) is 3.21. The van der Waals surface area contributed by atoms with Crippen molar-refractivity contribution in [3.8, 4) is 17.2 Å². The number of ether oxygens (including phenoxy) is 2. The average Bonchev–Trinajstić information content (AvgIpc) is 3.09. The molecule has 1 aromatic heterocycles. The maximum Gasteiger partial charge on any atom is 0.341 e. The van der Waals surface area contributed by atoms with Gasteiger partial charge in [-0.1, -0.05) is 18.2 Å². The monoisotopic (exact) mass is 328 g/mol. The second kappa shape index (κ2) is 6.91. The largest absolute Gasteiger partial charge is 0.497 e. The van der Waals surface area contributed by atoms with E-state index in [2.05, 4.69) is 10.2 Å². The fourth-order valence-electron chi connectivity index (χ4n) is 2.00. The zero-order valence-corrected chi connectivity index (χ0v) is 12.7. The molecule has 0 aliphatic carbocycles. The predicted molar refractivity (Wildman–Crippen MR) is 81.8 cm³/mol. The minimum Gasteiger partial charge on any atom is -0.497 e. The fourth-order valence-corrected chi connectivity index (χ4v) is 2.00. The van der Waals surface area contributed by atoms with Gasteiger partial charge in [0, 0.05) is 11.6 Å². The van der Waals surface area contributed by atoms with Crippen LogP contribution >= 0.6 is 0 Å². The number of rotatable bonds is 5. The minimum atomic E-state index is -0.824. The highest BCUT2D eigenvalue weighted by Crippen LogP contribution is 2.19. The van der Waals surface area contributed by atoms with Crippen LogP contribution in [-0.4, -0.2) is 23.3 Å². The number of nitrogens with zero attached hydrogens (tertiary/aromatic N) is 2. The Labute approximate surface area is 136 Å². The topological polar surface area (TPSA) is 74.5 Å². The molecule has 0 amide bonds. The van der Waals surface area contributed by atoms with Gasteiger partial charge in [0.25, 0.3) is 5.89 Å². The number of benzene rings is 2. The second-order valence-electron chi connectivity index (χ2n) is 4.79. The van der Waals surface area contributed by atoms with Crippen LogP contribution in [0.1, 0.15) is 16.2 Å². The van der Waals surface area contributed by atoms with Crippen LogP contribution < -0.4 is 4.74 Å². The van der Waals surface area contributed by atoms with E-state index < -0.39 is 11.8 Å². The smallest absolute Gasteiger partial charge is 0.341 e. The van der Waals surface area contributed by atoms with Crippen LogP contribution in [0.2, 0.25) is 0 Å². The van der Waals surface area contributed by atoms with Gasteiger partial charge in [-0.2, -0.15) is 0 Å². The summed E-state index contributed by atoms with van der Waals surface area (Å²) in [5.74, 6) is -0.800. The summed E-state index contributed by atoms with van der Waals surface area (Å²) in [6, 6.07) is 13.0. The molecule has 122 valence electrons. The maximum absolute atomic E-state index is 13.8. The van der Waals surface area contributed by atoms with E-state index in [1.807, 2.05) is 30.3 Å². The highest BCUT2D eigenvalue weighted by atomic mass is 19.1. The zero-order chi connectivity index (χ0) is 16.9. The molecular formula is C17H13FN2O4. The number of aromatic nitrogens is 2. The molecule has 0 atom stereocenters. The normalized spacial score (nSPS) is 10.4. The number of hydrogen-bond acceptors (Lipinski definition) is 6. The molecule has 0 aliphatic heterocycles. The van der Waals surface area contributed by atoms with Crippen molar-refractivity contribution < 1.29 is 23.1 Å². The molecule has 3 rings (SSSR count). The van der Waals surface area contributed by atoms with Crippen molar-refractivity contribution in [3.63, 3.8) is 0 Å². The van der Waals surface area contributed by atoms with Gasteiger partial charge in [0.05, 0.1) is 12.7 Å². The Morgan fingerprint density at radius 1 is 1.17 bits per heavy atom. The molecule has 0 unspecified atom stereocenters. The highest BCUT2D eigenvalue weighted by Gasteiger charge is 2.16. The SMILES string of the molecule is COc1ccc(C(=O)OCc2nnc(-c3ccccc3)o2)c(F)c1. The molecule has 0 spiro atoms. The third-order valence-corrected chi connectivity index (χ3v) is 3.21. The molecule has 2 aromatic carbocycles. The highest BCUT2D eigenvalue weighted by molar-refractivity contribution is 5.89. The predicted octanol–water partition coefficient (Wildman–Crippen LogP) is 3.24. The van der Waals surface area contributed by atoms with Crippen molar-refractivity contribution in [2.45, 2.75) is 6.61 Å². The molecule has 0 fully saturated rings. The molecule has 0 saturated carbocycles. The first-order valence-corrected chi connectivity index (χ1v) is 7.06. The van der Waals surface area contributed by atoms with Crippen LogP contribution in [0.15, 0.2) is 52.9 Å². The summed E-state index contributed by atoms with van der Waals surface area (Å²) < 4.78 is 29.1. The van der Waals surface area contributed by atoms with Gasteiger partial charge in [-0.15, -0.1) is 10.2 Å². The molecule has 0 N–H and O–H groups in total. The third kappa shape index (κ3) is 3.40. The molecule has 24 heavy (non-hydrogen) atoms. The Morgan fingerprint density at radius 3 is 2.67 bits per heavy atom. The molecule has 3 aromatic rings. The van der Waals surface area contributed by atoms with E-state index in [1.165, 1.54) is 19.2 Å². The van der Waals surface area contributed by atoms with Gasteiger partial charge in [0.2, 0.25) is 5.89 Å². The van der Waals surface area contributed by atoms with Gasteiger partial charge in [-0.25, -0.2) is 9.18 Å². The standard InChI is InChI=1S/C17H13FN2O4/c1-22-12-7-8-13(14(18)9-12)17(21)23-10-15-19-20-16(24-15)11-5-3-2-4-6-11/h2-9H,10H2,1H3. The Morgan fingerprint density at radius 2 is 1.96 bits per heavy atom. The summed E-state index contributed by atoms with van der Waals surface area (Å²) in [7, 11) is 1.41.